The van der Waals surface area contributed by atoms with Crippen LogP contribution in [0.4, 0.5) is 4.39 Å². The number of carbonyl (C=O) groups excluding carboxylic acids is 1. The molecule has 1 aromatic heterocycles. The largest absolute Gasteiger partial charge is 0.466 e. The van der Waals surface area contributed by atoms with E-state index in [2.05, 4.69) is 4.74 Å². The summed E-state index contributed by atoms with van der Waals surface area (Å²) in [6.45, 7) is 1.86. The van der Waals surface area contributed by atoms with Crippen LogP contribution >= 0.6 is 0 Å². The molecule has 134 valence electrons. The Bertz CT molecular complexity index is 1110. The van der Waals surface area contributed by atoms with Crippen LogP contribution in [0.5, 0.6) is 0 Å². The van der Waals surface area contributed by atoms with Crippen molar-refractivity contribution in [3.63, 3.8) is 0 Å². The summed E-state index contributed by atoms with van der Waals surface area (Å²) >= 11 is 0. The fourth-order valence-electron chi connectivity index (χ4n) is 2.58. The second-order valence-electron chi connectivity index (χ2n) is 5.72. The van der Waals surface area contributed by atoms with Crippen LogP contribution in [0.1, 0.15) is 11.1 Å². The van der Waals surface area contributed by atoms with Gasteiger partial charge in [-0.3, -0.25) is 0 Å². The lowest BCUT2D eigenvalue weighted by atomic mass is 10.1. The average Bonchev–Trinajstić information content (AvgIpc) is 2.98. The first kappa shape index (κ1) is 17.9. The smallest absolute Gasteiger partial charge is 0.330 e. The lowest BCUT2D eigenvalue weighted by Crippen LogP contribution is -2.11. The molecule has 0 bridgehead atoms. The van der Waals surface area contributed by atoms with E-state index in [1.807, 2.05) is 6.92 Å². The van der Waals surface area contributed by atoms with Crippen molar-refractivity contribution >= 4 is 33.0 Å². The predicted molar refractivity (Wildman–Crippen MR) is 96.7 cm³/mol. The molecule has 0 aliphatic rings. The van der Waals surface area contributed by atoms with E-state index < -0.39 is 21.8 Å². The summed E-state index contributed by atoms with van der Waals surface area (Å²) in [5.74, 6) is -1.10. The van der Waals surface area contributed by atoms with Gasteiger partial charge in [0.2, 0.25) is 0 Å². The molecule has 0 N–H and O–H groups in total. The molecule has 0 saturated heterocycles. The number of hydrogen-bond acceptors (Lipinski definition) is 4. The molecule has 0 saturated carbocycles. The number of fused-ring (bicyclic) bond motifs is 1. The second-order valence-corrected chi connectivity index (χ2v) is 7.53. The van der Waals surface area contributed by atoms with Gasteiger partial charge < -0.3 is 4.74 Å². The molecule has 3 aromatic rings. The summed E-state index contributed by atoms with van der Waals surface area (Å²) in [6, 6.07) is 10.3. The Morgan fingerprint density at radius 1 is 1.15 bits per heavy atom. The van der Waals surface area contributed by atoms with Gasteiger partial charge in [-0.1, -0.05) is 17.7 Å². The highest BCUT2D eigenvalue weighted by Crippen LogP contribution is 2.28. The number of ether oxygens (including phenoxy) is 1. The number of esters is 1. The van der Waals surface area contributed by atoms with Gasteiger partial charge in [0.25, 0.3) is 10.0 Å². The number of benzene rings is 2. The highest BCUT2D eigenvalue weighted by Gasteiger charge is 2.21. The van der Waals surface area contributed by atoms with E-state index in [-0.39, 0.29) is 4.90 Å². The number of rotatable bonds is 4. The maximum Gasteiger partial charge on any atom is 0.330 e. The molecule has 2 aromatic carbocycles. The Labute approximate surface area is 150 Å². The van der Waals surface area contributed by atoms with E-state index in [1.54, 1.807) is 12.1 Å². The van der Waals surface area contributed by atoms with Crippen LogP contribution in [0.25, 0.3) is 17.0 Å². The molecule has 0 aliphatic heterocycles. The quantitative estimate of drug-likeness (QED) is 0.519. The third-order valence-electron chi connectivity index (χ3n) is 3.94. The van der Waals surface area contributed by atoms with Crippen LogP contribution in [-0.2, 0) is 19.6 Å². The summed E-state index contributed by atoms with van der Waals surface area (Å²) in [5, 5.41) is 0.376. The summed E-state index contributed by atoms with van der Waals surface area (Å²) in [4.78, 5) is 11.5. The van der Waals surface area contributed by atoms with Crippen molar-refractivity contribution in [2.45, 2.75) is 11.8 Å². The predicted octanol–water partition coefficient (Wildman–Crippen LogP) is 3.51. The lowest BCUT2D eigenvalue weighted by molar-refractivity contribution is -0.134. The Hall–Kier alpha value is -2.93. The van der Waals surface area contributed by atoms with E-state index in [9.17, 15) is 17.6 Å². The van der Waals surface area contributed by atoms with Crippen LogP contribution in [0.2, 0.25) is 0 Å². The van der Waals surface area contributed by atoms with Gasteiger partial charge in [-0.25, -0.2) is 21.6 Å². The maximum absolute atomic E-state index is 13.7. The first-order chi connectivity index (χ1) is 12.3. The molecule has 5 nitrogen and oxygen atoms in total. The number of halogens is 1. The average molecular weight is 373 g/mol. The zero-order valence-corrected chi connectivity index (χ0v) is 15.0. The Morgan fingerprint density at radius 3 is 2.50 bits per heavy atom. The van der Waals surface area contributed by atoms with Gasteiger partial charge in [0, 0.05) is 23.2 Å². The molecule has 0 amide bonds. The molecular formula is C19H16FNO4S. The molecule has 26 heavy (non-hydrogen) atoms. The highest BCUT2D eigenvalue weighted by atomic mass is 32.2. The van der Waals surface area contributed by atoms with Gasteiger partial charge >= 0.3 is 5.97 Å². The molecule has 0 atom stereocenters. The van der Waals surface area contributed by atoms with Crippen LogP contribution in [-0.4, -0.2) is 25.5 Å². The van der Waals surface area contributed by atoms with E-state index in [4.69, 9.17) is 0 Å². The number of hydrogen-bond donors (Lipinski definition) is 0. The zero-order chi connectivity index (χ0) is 18.9. The van der Waals surface area contributed by atoms with Gasteiger partial charge in [-0.15, -0.1) is 0 Å². The molecule has 0 aliphatic carbocycles. The third kappa shape index (κ3) is 3.25. The van der Waals surface area contributed by atoms with E-state index in [0.717, 1.165) is 15.6 Å². The SMILES string of the molecule is COC(=O)/C=C\c1cn(S(=O)(=O)c2ccc(C)cc2)c2ccc(F)cc12. The van der Waals surface area contributed by atoms with Crippen LogP contribution in [0, 0.1) is 12.7 Å². The van der Waals surface area contributed by atoms with Crippen molar-refractivity contribution in [2.75, 3.05) is 7.11 Å². The fourth-order valence-corrected chi connectivity index (χ4v) is 3.96. The van der Waals surface area contributed by atoms with Crippen LogP contribution < -0.4 is 0 Å². The number of methoxy groups -OCH3 is 1. The van der Waals surface area contributed by atoms with Crippen molar-refractivity contribution in [1.29, 1.82) is 0 Å². The van der Waals surface area contributed by atoms with E-state index >= 15 is 0 Å². The Morgan fingerprint density at radius 2 is 1.85 bits per heavy atom. The first-order valence-corrected chi connectivity index (χ1v) is 9.16. The van der Waals surface area contributed by atoms with Crippen molar-refractivity contribution in [1.82, 2.24) is 3.97 Å². The first-order valence-electron chi connectivity index (χ1n) is 7.72. The molecule has 7 heteroatoms. The summed E-state index contributed by atoms with van der Waals surface area (Å²) < 4.78 is 45.3. The number of nitrogens with zero attached hydrogens (tertiary/aromatic N) is 1. The molecular weight excluding hydrogens is 357 g/mol. The summed E-state index contributed by atoms with van der Waals surface area (Å²) in [5.41, 5.74) is 1.64. The van der Waals surface area contributed by atoms with Gasteiger partial charge in [0.15, 0.2) is 0 Å². The topological polar surface area (TPSA) is 65.4 Å². The van der Waals surface area contributed by atoms with E-state index in [0.29, 0.717) is 16.5 Å². The maximum atomic E-state index is 13.7. The number of aryl methyl sites for hydroxylation is 1. The molecule has 0 radical (unpaired) electrons. The normalized spacial score (nSPS) is 12.0. The minimum absolute atomic E-state index is 0.118. The standard InChI is InChI=1S/C19H16FNO4S/c1-13-3-7-16(8-4-13)26(23,24)21-12-14(5-10-19(22)25-2)17-11-15(20)6-9-18(17)21/h3-12H,1-2H3/b10-5-. The van der Waals surface area contributed by atoms with Crippen LogP contribution in [0.15, 0.2) is 59.6 Å². The van der Waals surface area contributed by atoms with Crippen molar-refractivity contribution in [3.8, 4) is 0 Å². The molecule has 3 rings (SSSR count). The lowest BCUT2D eigenvalue weighted by Gasteiger charge is -2.07. The minimum atomic E-state index is -3.87. The van der Waals surface area contributed by atoms with E-state index in [1.165, 1.54) is 49.7 Å². The van der Waals surface area contributed by atoms with Crippen molar-refractivity contribution in [2.24, 2.45) is 0 Å². The minimum Gasteiger partial charge on any atom is -0.466 e. The van der Waals surface area contributed by atoms with Crippen molar-refractivity contribution in [3.05, 3.63) is 71.7 Å². The highest BCUT2D eigenvalue weighted by molar-refractivity contribution is 7.90. The number of aromatic nitrogens is 1. The number of carbonyl (C=O) groups is 1. The molecule has 0 fully saturated rings. The summed E-state index contributed by atoms with van der Waals surface area (Å²) in [6.07, 6.45) is 3.91. The van der Waals surface area contributed by atoms with Gasteiger partial charge in [0.05, 0.1) is 17.5 Å². The second kappa shape index (κ2) is 6.76. The zero-order valence-electron chi connectivity index (χ0n) is 14.1. The Balaban J connectivity index is 2.22. The summed E-state index contributed by atoms with van der Waals surface area (Å²) in [7, 11) is -2.64. The van der Waals surface area contributed by atoms with Gasteiger partial charge in [-0.2, -0.15) is 0 Å². The molecule has 0 spiro atoms. The molecule has 1 heterocycles. The monoisotopic (exact) mass is 373 g/mol. The van der Waals surface area contributed by atoms with Crippen molar-refractivity contribution < 1.29 is 22.3 Å². The third-order valence-corrected chi connectivity index (χ3v) is 5.63. The van der Waals surface area contributed by atoms with Gasteiger partial charge in [0.1, 0.15) is 5.82 Å². The Kier molecular flexibility index (Phi) is 4.65. The molecule has 0 unspecified atom stereocenters. The van der Waals surface area contributed by atoms with Crippen LogP contribution in [0.3, 0.4) is 0 Å². The van der Waals surface area contributed by atoms with Gasteiger partial charge in [-0.05, 0) is 43.3 Å². The fraction of sp³-hybridized carbons (Fsp3) is 0.105.